The van der Waals surface area contributed by atoms with Crippen molar-refractivity contribution in [3.05, 3.63) is 53.5 Å². The van der Waals surface area contributed by atoms with Crippen LogP contribution in [0.15, 0.2) is 31.0 Å². The maximum Gasteiger partial charge on any atom is 0.421 e. The van der Waals surface area contributed by atoms with Gasteiger partial charge in [0.25, 0.3) is 0 Å². The first-order valence-electron chi connectivity index (χ1n) is 13.0. The van der Waals surface area contributed by atoms with Gasteiger partial charge in [-0.05, 0) is 43.2 Å². The predicted octanol–water partition coefficient (Wildman–Crippen LogP) is 6.28. The number of alkyl halides is 3. The van der Waals surface area contributed by atoms with Crippen LogP contribution in [0.1, 0.15) is 54.1 Å². The summed E-state index contributed by atoms with van der Waals surface area (Å²) in [6, 6.07) is 1.78. The topological polar surface area (TPSA) is 87.2 Å². The zero-order valence-electron chi connectivity index (χ0n) is 23.4. The number of amides is 1. The lowest BCUT2D eigenvalue weighted by atomic mass is 9.82. The first-order valence-corrected chi connectivity index (χ1v) is 13.0. The second kappa shape index (κ2) is 13.9. The maximum absolute atomic E-state index is 15.6. The molecule has 0 unspecified atom stereocenters. The summed E-state index contributed by atoms with van der Waals surface area (Å²) in [5, 5.41) is 0. The molecule has 0 N–H and O–H groups in total. The van der Waals surface area contributed by atoms with Crippen LogP contribution in [0.25, 0.3) is 6.08 Å². The Morgan fingerprint density at radius 3 is 2.27 bits per heavy atom. The van der Waals surface area contributed by atoms with Crippen molar-refractivity contribution >= 4 is 23.6 Å². The van der Waals surface area contributed by atoms with Gasteiger partial charge in [-0.1, -0.05) is 19.6 Å². The molecule has 3 rings (SSSR count). The Kier molecular flexibility index (Phi) is 10.9. The van der Waals surface area contributed by atoms with Gasteiger partial charge in [0, 0.05) is 38.5 Å². The van der Waals surface area contributed by atoms with E-state index in [2.05, 4.69) is 18.5 Å². The van der Waals surface area contributed by atoms with Gasteiger partial charge in [-0.25, -0.2) is 14.2 Å². The Balaban J connectivity index is 2.16. The summed E-state index contributed by atoms with van der Waals surface area (Å²) in [7, 11) is 3.94. The van der Waals surface area contributed by atoms with E-state index in [1.807, 2.05) is 0 Å². The molecule has 1 aromatic carbocycles. The molecule has 1 aliphatic rings. The van der Waals surface area contributed by atoms with Crippen LogP contribution in [0.3, 0.4) is 0 Å². The number of methoxy groups -OCH3 is 3. The number of benzene rings is 1. The summed E-state index contributed by atoms with van der Waals surface area (Å²) in [4.78, 5) is 31.8. The number of aromatic nitrogens is 1. The fourth-order valence-corrected chi connectivity index (χ4v) is 4.84. The van der Waals surface area contributed by atoms with Gasteiger partial charge < -0.3 is 23.8 Å². The fraction of sp³-hybridized carbons (Fsp3) is 0.483. The highest BCUT2D eigenvalue weighted by Gasteiger charge is 2.38. The van der Waals surface area contributed by atoms with Crippen molar-refractivity contribution in [1.29, 1.82) is 0 Å². The average molecular weight is 583 g/mol. The Morgan fingerprint density at radius 2 is 1.73 bits per heavy atom. The Bertz CT molecular complexity index is 1240. The van der Waals surface area contributed by atoms with Gasteiger partial charge in [0.2, 0.25) is 11.8 Å². The van der Waals surface area contributed by atoms with Crippen molar-refractivity contribution in [3.8, 4) is 11.6 Å². The van der Waals surface area contributed by atoms with E-state index >= 15 is 4.39 Å². The largest absolute Gasteiger partial charge is 0.465 e. The third-order valence-corrected chi connectivity index (χ3v) is 7.02. The molecule has 41 heavy (non-hydrogen) atoms. The molecule has 0 atom stereocenters. The lowest BCUT2D eigenvalue weighted by molar-refractivity contribution is -0.139. The Labute approximate surface area is 236 Å². The molecule has 0 bridgehead atoms. The summed E-state index contributed by atoms with van der Waals surface area (Å²) in [6.45, 7) is 5.53. The van der Waals surface area contributed by atoms with Crippen molar-refractivity contribution in [2.24, 2.45) is 11.8 Å². The Morgan fingerprint density at radius 1 is 1.10 bits per heavy atom. The highest BCUT2D eigenvalue weighted by Crippen LogP contribution is 2.40. The second-order valence-corrected chi connectivity index (χ2v) is 9.95. The molecular formula is C29H34F4N2O6. The van der Waals surface area contributed by atoms with Crippen molar-refractivity contribution in [2.45, 2.75) is 44.8 Å². The minimum atomic E-state index is -4.88. The molecule has 0 radical (unpaired) electrons. The second-order valence-electron chi connectivity index (χ2n) is 9.95. The predicted molar refractivity (Wildman–Crippen MR) is 143 cm³/mol. The molecule has 1 amide bonds. The number of ether oxygens (including phenoxy) is 4. The van der Waals surface area contributed by atoms with Gasteiger partial charge in [-0.3, -0.25) is 4.79 Å². The summed E-state index contributed by atoms with van der Waals surface area (Å²) in [5.74, 6) is -4.02. The van der Waals surface area contributed by atoms with Gasteiger partial charge >= 0.3 is 12.1 Å². The van der Waals surface area contributed by atoms with E-state index in [0.29, 0.717) is 18.8 Å². The zero-order chi connectivity index (χ0) is 30.3. The number of anilines is 1. The molecule has 0 spiro atoms. The van der Waals surface area contributed by atoms with E-state index in [0.717, 1.165) is 44.3 Å². The van der Waals surface area contributed by atoms with Crippen molar-refractivity contribution in [1.82, 2.24) is 4.98 Å². The third kappa shape index (κ3) is 7.62. The number of hydrogen-bond donors (Lipinski definition) is 0. The number of carbonyl (C=O) groups excluding carboxylic acids is 2. The van der Waals surface area contributed by atoms with Gasteiger partial charge in [0.15, 0.2) is 11.6 Å². The quantitative estimate of drug-likeness (QED) is 0.228. The van der Waals surface area contributed by atoms with Gasteiger partial charge in [0.05, 0.1) is 37.6 Å². The van der Waals surface area contributed by atoms with E-state index in [4.69, 9.17) is 18.9 Å². The van der Waals surface area contributed by atoms with Crippen LogP contribution in [0.5, 0.6) is 11.6 Å². The molecule has 1 heterocycles. The molecule has 0 aliphatic heterocycles. The van der Waals surface area contributed by atoms with E-state index in [1.165, 1.54) is 25.2 Å². The number of halogens is 4. The highest BCUT2D eigenvalue weighted by atomic mass is 19.4. The van der Waals surface area contributed by atoms with Crippen LogP contribution in [0.2, 0.25) is 0 Å². The molecule has 1 aromatic heterocycles. The number of esters is 1. The van der Waals surface area contributed by atoms with E-state index in [-0.39, 0.29) is 35.9 Å². The number of hydrogen-bond acceptors (Lipinski definition) is 7. The summed E-state index contributed by atoms with van der Waals surface area (Å²) < 4.78 is 77.6. The SMILES string of the molecule is C=Cc1cnc(Oc2cc(C(=O)OC)c(N(C(=O)C3CCC(C)CC3)C(COC)COC)cc2F)c(C(F)(F)F)c1. The minimum absolute atomic E-state index is 0.00228. The molecule has 1 aliphatic carbocycles. The zero-order valence-corrected chi connectivity index (χ0v) is 23.4. The molecule has 12 heteroatoms. The molecule has 224 valence electrons. The monoisotopic (exact) mass is 582 g/mol. The minimum Gasteiger partial charge on any atom is -0.465 e. The standard InChI is InChI=1S/C29H34F4N2O6/c1-6-18-11-22(29(31,32)33)26(34-14-18)41-25-12-21(28(37)40-5)24(13-23(25)30)35(20(15-38-3)16-39-4)27(36)19-9-7-17(2)8-10-19/h6,11-14,17,19-20H,1,7-10,15-16H2,2-5H3. The number of carbonyl (C=O) groups is 2. The lowest BCUT2D eigenvalue weighted by Crippen LogP contribution is -2.49. The molecule has 2 aromatic rings. The van der Waals surface area contributed by atoms with E-state index < -0.39 is 47.1 Å². The molecule has 1 fully saturated rings. The van der Waals surface area contributed by atoms with Gasteiger partial charge in [-0.15, -0.1) is 0 Å². The summed E-state index contributed by atoms with van der Waals surface area (Å²) in [5.41, 5.74) is -1.63. The third-order valence-electron chi connectivity index (χ3n) is 7.02. The van der Waals surface area contributed by atoms with Gasteiger partial charge in [-0.2, -0.15) is 13.2 Å². The van der Waals surface area contributed by atoms with Crippen LogP contribution >= 0.6 is 0 Å². The number of rotatable bonds is 11. The van der Waals surface area contributed by atoms with Crippen LogP contribution < -0.4 is 9.64 Å². The van der Waals surface area contributed by atoms with Crippen molar-refractivity contribution in [2.75, 3.05) is 39.4 Å². The molecular weight excluding hydrogens is 548 g/mol. The van der Waals surface area contributed by atoms with Crippen molar-refractivity contribution in [3.63, 3.8) is 0 Å². The molecule has 0 saturated heterocycles. The first-order chi connectivity index (χ1) is 19.4. The average Bonchev–Trinajstić information content (AvgIpc) is 2.94. The summed E-state index contributed by atoms with van der Waals surface area (Å²) >= 11 is 0. The normalized spacial score (nSPS) is 17.3. The molecule has 8 nitrogen and oxygen atoms in total. The van der Waals surface area contributed by atoms with Crippen molar-refractivity contribution < 1.29 is 46.1 Å². The number of nitrogens with zero attached hydrogens (tertiary/aromatic N) is 2. The van der Waals surface area contributed by atoms with Crippen LogP contribution in [-0.2, 0) is 25.2 Å². The first kappa shape index (κ1) is 32.0. The lowest BCUT2D eigenvalue weighted by Gasteiger charge is -2.36. The van der Waals surface area contributed by atoms with Crippen LogP contribution in [0, 0.1) is 17.7 Å². The van der Waals surface area contributed by atoms with E-state index in [1.54, 1.807) is 0 Å². The maximum atomic E-state index is 15.6. The van der Waals surface area contributed by atoms with E-state index in [9.17, 15) is 22.8 Å². The van der Waals surface area contributed by atoms with Crippen LogP contribution in [-0.4, -0.2) is 57.4 Å². The van der Waals surface area contributed by atoms with Crippen LogP contribution in [0.4, 0.5) is 23.2 Å². The number of pyridine rings is 1. The summed E-state index contributed by atoms with van der Waals surface area (Å²) in [6.07, 6.45) is 0.237. The van der Waals surface area contributed by atoms with Gasteiger partial charge in [0.1, 0.15) is 5.56 Å². The smallest absolute Gasteiger partial charge is 0.421 e. The highest BCUT2D eigenvalue weighted by molar-refractivity contribution is 6.04. The Hall–Kier alpha value is -3.51. The molecule has 1 saturated carbocycles. The fourth-order valence-electron chi connectivity index (χ4n) is 4.84.